The summed E-state index contributed by atoms with van der Waals surface area (Å²) < 4.78 is 13.2. The number of rotatable bonds is 7. The molecule has 0 unspecified atom stereocenters. The second kappa shape index (κ2) is 8.32. The molecule has 2 aromatic carbocycles. The normalized spacial score (nSPS) is 11.2. The lowest BCUT2D eigenvalue weighted by Crippen LogP contribution is -2.37. The van der Waals surface area contributed by atoms with Gasteiger partial charge in [0.05, 0.1) is 5.56 Å². The number of nitrogens with one attached hydrogen (secondary N) is 1. The van der Waals surface area contributed by atoms with E-state index in [1.165, 1.54) is 18.2 Å². The zero-order chi connectivity index (χ0) is 19.3. The average Bonchev–Trinajstić information content (AvgIpc) is 2.58. The standard InChI is InChI=1S/C20H21ClFNO3/c1-20(2,16-9-8-14(22)11-17(16)21)12-23-18(24)10-7-13-5-3-4-6-15(13)19(25)26/h3-6,8-9,11H,7,10,12H2,1-2H3,(H,23,24)(H,25,26). The number of benzene rings is 2. The van der Waals surface area contributed by atoms with Crippen LogP contribution in [0.15, 0.2) is 42.5 Å². The van der Waals surface area contributed by atoms with Crippen molar-refractivity contribution in [2.24, 2.45) is 0 Å². The molecule has 4 nitrogen and oxygen atoms in total. The van der Waals surface area contributed by atoms with Gasteiger partial charge in [-0.25, -0.2) is 9.18 Å². The SMILES string of the molecule is CC(C)(CNC(=O)CCc1ccccc1C(=O)O)c1ccc(F)cc1Cl. The van der Waals surface area contributed by atoms with E-state index in [0.29, 0.717) is 23.6 Å². The molecule has 0 spiro atoms. The molecule has 0 saturated heterocycles. The highest BCUT2D eigenvalue weighted by atomic mass is 35.5. The molecule has 0 atom stereocenters. The summed E-state index contributed by atoms with van der Waals surface area (Å²) in [6.07, 6.45) is 0.517. The summed E-state index contributed by atoms with van der Waals surface area (Å²) in [5, 5.41) is 12.3. The van der Waals surface area contributed by atoms with E-state index >= 15 is 0 Å². The lowest BCUT2D eigenvalue weighted by molar-refractivity contribution is -0.121. The maximum atomic E-state index is 13.2. The Morgan fingerprint density at radius 1 is 1.19 bits per heavy atom. The molecule has 26 heavy (non-hydrogen) atoms. The summed E-state index contributed by atoms with van der Waals surface area (Å²) in [6.45, 7) is 4.15. The fourth-order valence-electron chi connectivity index (χ4n) is 2.74. The Labute approximate surface area is 157 Å². The minimum atomic E-state index is -1.01. The Kier molecular flexibility index (Phi) is 6.37. The molecule has 0 bridgehead atoms. The van der Waals surface area contributed by atoms with Crippen LogP contribution in [0.1, 0.15) is 41.8 Å². The van der Waals surface area contributed by atoms with E-state index in [0.717, 1.165) is 5.56 Å². The van der Waals surface area contributed by atoms with Crippen molar-refractivity contribution in [3.05, 3.63) is 70.0 Å². The van der Waals surface area contributed by atoms with Crippen molar-refractivity contribution in [3.63, 3.8) is 0 Å². The van der Waals surface area contributed by atoms with E-state index in [1.807, 2.05) is 13.8 Å². The van der Waals surface area contributed by atoms with Crippen LogP contribution < -0.4 is 5.32 Å². The first-order valence-corrected chi connectivity index (χ1v) is 8.62. The number of halogens is 2. The van der Waals surface area contributed by atoms with Gasteiger partial charge in [-0.2, -0.15) is 0 Å². The summed E-state index contributed by atoms with van der Waals surface area (Å²) in [5.41, 5.74) is 1.10. The third-order valence-corrected chi connectivity index (χ3v) is 4.57. The van der Waals surface area contributed by atoms with Gasteiger partial charge < -0.3 is 10.4 Å². The molecule has 2 rings (SSSR count). The Balaban J connectivity index is 1.95. The van der Waals surface area contributed by atoms with Crippen molar-refractivity contribution < 1.29 is 19.1 Å². The molecule has 0 aliphatic carbocycles. The number of carbonyl (C=O) groups is 2. The highest BCUT2D eigenvalue weighted by Gasteiger charge is 2.24. The number of hydrogen-bond donors (Lipinski definition) is 2. The Morgan fingerprint density at radius 2 is 1.88 bits per heavy atom. The van der Waals surface area contributed by atoms with Crippen molar-refractivity contribution in [1.82, 2.24) is 5.32 Å². The van der Waals surface area contributed by atoms with Crippen LogP contribution in [0.25, 0.3) is 0 Å². The number of aromatic carboxylic acids is 1. The van der Waals surface area contributed by atoms with Crippen molar-refractivity contribution >= 4 is 23.5 Å². The van der Waals surface area contributed by atoms with Gasteiger partial charge in [0.25, 0.3) is 0 Å². The van der Waals surface area contributed by atoms with Crippen molar-refractivity contribution in [2.75, 3.05) is 6.54 Å². The first-order valence-electron chi connectivity index (χ1n) is 8.24. The Morgan fingerprint density at radius 3 is 2.54 bits per heavy atom. The zero-order valence-electron chi connectivity index (χ0n) is 14.7. The molecule has 0 fully saturated rings. The molecule has 0 saturated carbocycles. The smallest absolute Gasteiger partial charge is 0.335 e. The van der Waals surface area contributed by atoms with Gasteiger partial charge in [-0.05, 0) is 35.7 Å². The van der Waals surface area contributed by atoms with Crippen LogP contribution >= 0.6 is 11.6 Å². The summed E-state index contributed by atoms with van der Waals surface area (Å²) in [7, 11) is 0. The van der Waals surface area contributed by atoms with Crippen LogP contribution in [0.5, 0.6) is 0 Å². The zero-order valence-corrected chi connectivity index (χ0v) is 15.4. The quantitative estimate of drug-likeness (QED) is 0.759. The molecular formula is C20H21ClFNO3. The largest absolute Gasteiger partial charge is 0.478 e. The van der Waals surface area contributed by atoms with Gasteiger partial charge in [-0.1, -0.05) is 49.7 Å². The molecule has 138 valence electrons. The predicted octanol–water partition coefficient (Wildman–Crippen LogP) is 4.20. The number of hydrogen-bond acceptors (Lipinski definition) is 2. The second-order valence-electron chi connectivity index (χ2n) is 6.75. The number of carboxylic acids is 1. The first-order chi connectivity index (χ1) is 12.2. The van der Waals surface area contributed by atoms with Crippen LogP contribution in [0.2, 0.25) is 5.02 Å². The average molecular weight is 378 g/mol. The van der Waals surface area contributed by atoms with Crippen LogP contribution in [-0.4, -0.2) is 23.5 Å². The van der Waals surface area contributed by atoms with Gasteiger partial charge in [0, 0.05) is 23.4 Å². The minimum Gasteiger partial charge on any atom is -0.478 e. The monoisotopic (exact) mass is 377 g/mol. The Bertz CT molecular complexity index is 820. The molecular weight excluding hydrogens is 357 g/mol. The molecule has 1 amide bonds. The van der Waals surface area contributed by atoms with Gasteiger partial charge in [0.15, 0.2) is 0 Å². The number of carboxylic acid groups (broad SMARTS) is 1. The fraction of sp³-hybridized carbons (Fsp3) is 0.300. The van der Waals surface area contributed by atoms with Crippen LogP contribution in [0, 0.1) is 5.82 Å². The summed E-state index contributed by atoms with van der Waals surface area (Å²) in [5.74, 6) is -1.60. The van der Waals surface area contributed by atoms with Crippen LogP contribution in [0.4, 0.5) is 4.39 Å². The van der Waals surface area contributed by atoms with Crippen LogP contribution in [0.3, 0.4) is 0 Å². The van der Waals surface area contributed by atoms with Crippen LogP contribution in [-0.2, 0) is 16.6 Å². The first kappa shape index (κ1) is 19.9. The third-order valence-electron chi connectivity index (χ3n) is 4.26. The maximum absolute atomic E-state index is 13.2. The molecule has 0 aliphatic heterocycles. The fourth-order valence-corrected chi connectivity index (χ4v) is 3.16. The van der Waals surface area contributed by atoms with Gasteiger partial charge >= 0.3 is 5.97 Å². The predicted molar refractivity (Wildman–Crippen MR) is 99.2 cm³/mol. The topological polar surface area (TPSA) is 66.4 Å². The van der Waals surface area contributed by atoms with Gasteiger partial charge in [0.1, 0.15) is 5.82 Å². The lowest BCUT2D eigenvalue weighted by Gasteiger charge is -2.26. The van der Waals surface area contributed by atoms with E-state index in [1.54, 1.807) is 24.3 Å². The Hall–Kier alpha value is -2.40. The highest BCUT2D eigenvalue weighted by molar-refractivity contribution is 6.31. The van der Waals surface area contributed by atoms with E-state index in [4.69, 9.17) is 11.6 Å². The molecule has 0 heterocycles. The lowest BCUT2D eigenvalue weighted by atomic mass is 9.84. The van der Waals surface area contributed by atoms with Crippen molar-refractivity contribution in [1.29, 1.82) is 0 Å². The molecule has 0 aromatic heterocycles. The van der Waals surface area contributed by atoms with Gasteiger partial charge in [-0.15, -0.1) is 0 Å². The number of aryl methyl sites for hydroxylation is 1. The second-order valence-corrected chi connectivity index (χ2v) is 7.15. The van der Waals surface area contributed by atoms with Crippen molar-refractivity contribution in [3.8, 4) is 0 Å². The van der Waals surface area contributed by atoms with Crippen molar-refractivity contribution in [2.45, 2.75) is 32.1 Å². The summed E-state index contributed by atoms with van der Waals surface area (Å²) >= 11 is 6.11. The number of carbonyl (C=O) groups excluding carboxylic acids is 1. The summed E-state index contributed by atoms with van der Waals surface area (Å²) in [6, 6.07) is 10.8. The van der Waals surface area contributed by atoms with E-state index < -0.39 is 17.2 Å². The summed E-state index contributed by atoms with van der Waals surface area (Å²) in [4.78, 5) is 23.4. The molecule has 2 aromatic rings. The van der Waals surface area contributed by atoms with Gasteiger partial charge in [-0.3, -0.25) is 4.79 Å². The van der Waals surface area contributed by atoms with E-state index in [9.17, 15) is 19.1 Å². The van der Waals surface area contributed by atoms with Gasteiger partial charge in [0.2, 0.25) is 5.91 Å². The minimum absolute atomic E-state index is 0.178. The third kappa shape index (κ3) is 5.05. The molecule has 0 aliphatic rings. The highest BCUT2D eigenvalue weighted by Crippen LogP contribution is 2.30. The molecule has 2 N–H and O–H groups in total. The maximum Gasteiger partial charge on any atom is 0.335 e. The number of amides is 1. The van der Waals surface area contributed by atoms with E-state index in [2.05, 4.69) is 5.32 Å². The molecule has 6 heteroatoms. The van der Waals surface area contributed by atoms with E-state index in [-0.39, 0.29) is 17.9 Å². The molecule has 0 radical (unpaired) electrons.